The van der Waals surface area contributed by atoms with Crippen LogP contribution in [0.2, 0.25) is 0 Å². The van der Waals surface area contributed by atoms with Gasteiger partial charge in [0.1, 0.15) is 0 Å². The minimum atomic E-state index is -3.52. The highest BCUT2D eigenvalue weighted by Crippen LogP contribution is 2.24. The lowest BCUT2D eigenvalue weighted by Gasteiger charge is -2.30. The summed E-state index contributed by atoms with van der Waals surface area (Å²) in [5, 5.41) is 4.04. The molecule has 0 radical (unpaired) electrons. The molecule has 0 bridgehead atoms. The average Bonchev–Trinajstić information content (AvgIpc) is 2.74. The maximum atomic E-state index is 12.8. The number of carbonyl (C=O) groups excluding carboxylic acids is 1. The van der Waals surface area contributed by atoms with Gasteiger partial charge in [0.2, 0.25) is 15.9 Å². The fourth-order valence-corrected chi connectivity index (χ4v) is 4.81. The van der Waals surface area contributed by atoms with Gasteiger partial charge in [0.15, 0.2) is 0 Å². The zero-order chi connectivity index (χ0) is 21.7. The van der Waals surface area contributed by atoms with E-state index in [4.69, 9.17) is 0 Å². The molecule has 160 valence electrons. The molecule has 3 rings (SSSR count). The van der Waals surface area contributed by atoms with Crippen molar-refractivity contribution in [2.75, 3.05) is 32.1 Å². The zero-order valence-electron chi connectivity index (χ0n) is 17.6. The SMILES string of the molecule is Cc1ccc(S(=O)(=O)N2CCC(C(=O)N/N=C\c3ccc(N(C)C)cc3)CC2)cc1. The fourth-order valence-electron chi connectivity index (χ4n) is 3.34. The summed E-state index contributed by atoms with van der Waals surface area (Å²) in [6.45, 7) is 2.57. The molecule has 1 saturated heterocycles. The van der Waals surface area contributed by atoms with Crippen LogP contribution in [0.5, 0.6) is 0 Å². The lowest BCUT2D eigenvalue weighted by atomic mass is 9.98. The number of hydrogen-bond donors (Lipinski definition) is 1. The van der Waals surface area contributed by atoms with E-state index < -0.39 is 10.0 Å². The molecule has 1 heterocycles. The molecular formula is C22H28N4O3S. The molecule has 2 aromatic rings. The van der Waals surface area contributed by atoms with Gasteiger partial charge in [-0.05, 0) is 49.6 Å². The van der Waals surface area contributed by atoms with Crippen molar-refractivity contribution in [3.63, 3.8) is 0 Å². The van der Waals surface area contributed by atoms with Gasteiger partial charge in [0.25, 0.3) is 0 Å². The van der Waals surface area contributed by atoms with Crippen molar-refractivity contribution in [3.05, 3.63) is 59.7 Å². The van der Waals surface area contributed by atoms with Gasteiger partial charge in [0, 0.05) is 38.8 Å². The third-order valence-corrected chi connectivity index (χ3v) is 7.19. The summed E-state index contributed by atoms with van der Waals surface area (Å²) in [4.78, 5) is 14.7. The van der Waals surface area contributed by atoms with Crippen molar-refractivity contribution >= 4 is 27.8 Å². The van der Waals surface area contributed by atoms with Crippen LogP contribution >= 0.6 is 0 Å². The van der Waals surface area contributed by atoms with Gasteiger partial charge >= 0.3 is 0 Å². The Labute approximate surface area is 178 Å². The molecule has 0 aliphatic carbocycles. The quantitative estimate of drug-likeness (QED) is 0.566. The van der Waals surface area contributed by atoms with Crippen molar-refractivity contribution in [1.29, 1.82) is 0 Å². The number of anilines is 1. The number of amides is 1. The van der Waals surface area contributed by atoms with Gasteiger partial charge < -0.3 is 4.90 Å². The third kappa shape index (κ3) is 5.25. The standard InChI is InChI=1S/C22H28N4O3S/c1-17-4-10-21(11-5-17)30(28,29)26-14-12-19(13-15-26)22(27)24-23-16-18-6-8-20(9-7-18)25(2)3/h4-11,16,19H,12-15H2,1-3H3,(H,24,27)/b23-16-. The second-order valence-corrected chi connectivity index (χ2v) is 9.65. The minimum Gasteiger partial charge on any atom is -0.378 e. The number of benzene rings is 2. The molecule has 0 saturated carbocycles. The van der Waals surface area contributed by atoms with Crippen LogP contribution in [0.3, 0.4) is 0 Å². The van der Waals surface area contributed by atoms with Crippen LogP contribution in [0.1, 0.15) is 24.0 Å². The zero-order valence-corrected chi connectivity index (χ0v) is 18.4. The summed E-state index contributed by atoms with van der Waals surface area (Å²) in [6.07, 6.45) is 2.56. The highest BCUT2D eigenvalue weighted by molar-refractivity contribution is 7.89. The molecule has 7 nitrogen and oxygen atoms in total. The van der Waals surface area contributed by atoms with Crippen LogP contribution in [0.25, 0.3) is 0 Å². The number of nitrogens with one attached hydrogen (secondary N) is 1. The van der Waals surface area contributed by atoms with Crippen LogP contribution in [-0.4, -0.2) is 52.0 Å². The summed E-state index contributed by atoms with van der Waals surface area (Å²) in [6, 6.07) is 14.7. The molecule has 1 fully saturated rings. The summed E-state index contributed by atoms with van der Waals surface area (Å²) >= 11 is 0. The molecule has 30 heavy (non-hydrogen) atoms. The highest BCUT2D eigenvalue weighted by Gasteiger charge is 2.31. The Morgan fingerprint density at radius 3 is 2.23 bits per heavy atom. The Bertz CT molecular complexity index is 992. The number of sulfonamides is 1. The smallest absolute Gasteiger partial charge is 0.243 e. The Morgan fingerprint density at radius 2 is 1.67 bits per heavy atom. The third-order valence-electron chi connectivity index (χ3n) is 5.28. The second-order valence-electron chi connectivity index (χ2n) is 7.71. The van der Waals surface area contributed by atoms with E-state index in [1.54, 1.807) is 30.5 Å². The molecule has 8 heteroatoms. The van der Waals surface area contributed by atoms with Crippen molar-refractivity contribution in [2.45, 2.75) is 24.7 Å². The topological polar surface area (TPSA) is 82.1 Å². The number of piperidine rings is 1. The van der Waals surface area contributed by atoms with Gasteiger partial charge in [-0.3, -0.25) is 4.79 Å². The maximum Gasteiger partial charge on any atom is 0.243 e. The molecule has 0 aromatic heterocycles. The molecule has 0 unspecified atom stereocenters. The molecule has 1 amide bonds. The summed E-state index contributed by atoms with van der Waals surface area (Å²) < 4.78 is 27.0. The van der Waals surface area contributed by atoms with Crippen molar-refractivity contribution in [1.82, 2.24) is 9.73 Å². The van der Waals surface area contributed by atoms with Gasteiger partial charge in [-0.1, -0.05) is 29.8 Å². The van der Waals surface area contributed by atoms with Gasteiger partial charge in [0.05, 0.1) is 11.1 Å². The Morgan fingerprint density at radius 1 is 1.07 bits per heavy atom. The predicted octanol–water partition coefficient (Wildman–Crippen LogP) is 2.61. The van der Waals surface area contributed by atoms with Crippen LogP contribution in [0, 0.1) is 12.8 Å². The normalized spacial score (nSPS) is 16.0. The van der Waals surface area contributed by atoms with E-state index in [2.05, 4.69) is 10.5 Å². The van der Waals surface area contributed by atoms with Crippen molar-refractivity contribution in [3.8, 4) is 0 Å². The van der Waals surface area contributed by atoms with E-state index in [1.165, 1.54) is 4.31 Å². The van der Waals surface area contributed by atoms with E-state index in [-0.39, 0.29) is 11.8 Å². The van der Waals surface area contributed by atoms with Crippen molar-refractivity contribution in [2.24, 2.45) is 11.0 Å². The second kappa shape index (κ2) is 9.40. The monoisotopic (exact) mass is 428 g/mol. The first kappa shape index (κ1) is 22.0. The Balaban J connectivity index is 1.52. The molecule has 1 aliphatic rings. The fraction of sp³-hybridized carbons (Fsp3) is 0.364. The van der Waals surface area contributed by atoms with Gasteiger partial charge in [-0.2, -0.15) is 9.41 Å². The summed E-state index contributed by atoms with van der Waals surface area (Å²) in [5.74, 6) is -0.425. The number of nitrogens with zero attached hydrogens (tertiary/aromatic N) is 3. The average molecular weight is 429 g/mol. The number of hydrazone groups is 1. The lowest BCUT2D eigenvalue weighted by molar-refractivity contribution is -0.126. The maximum absolute atomic E-state index is 12.8. The van der Waals surface area contributed by atoms with Crippen LogP contribution in [-0.2, 0) is 14.8 Å². The molecule has 1 N–H and O–H groups in total. The van der Waals surface area contributed by atoms with Crippen LogP contribution < -0.4 is 10.3 Å². The first-order chi connectivity index (χ1) is 14.3. The van der Waals surface area contributed by atoms with Crippen LogP contribution in [0.15, 0.2) is 58.5 Å². The van der Waals surface area contributed by atoms with Gasteiger partial charge in [-0.25, -0.2) is 13.8 Å². The molecule has 2 aromatic carbocycles. The van der Waals surface area contributed by atoms with E-state index in [9.17, 15) is 13.2 Å². The molecular weight excluding hydrogens is 400 g/mol. The molecule has 1 aliphatic heterocycles. The number of hydrogen-bond acceptors (Lipinski definition) is 5. The predicted molar refractivity (Wildman–Crippen MR) is 119 cm³/mol. The molecule has 0 atom stereocenters. The Kier molecular flexibility index (Phi) is 6.89. The van der Waals surface area contributed by atoms with Gasteiger partial charge in [-0.15, -0.1) is 0 Å². The first-order valence-corrected chi connectivity index (χ1v) is 11.4. The largest absolute Gasteiger partial charge is 0.378 e. The van der Waals surface area contributed by atoms with E-state index in [1.807, 2.05) is 50.2 Å². The Hall–Kier alpha value is -2.71. The molecule has 0 spiro atoms. The minimum absolute atomic E-state index is 0.177. The number of rotatable bonds is 6. The first-order valence-electron chi connectivity index (χ1n) is 9.94. The highest BCUT2D eigenvalue weighted by atomic mass is 32.2. The summed E-state index contributed by atoms with van der Waals surface area (Å²) in [7, 11) is 0.424. The van der Waals surface area contributed by atoms with Crippen molar-refractivity contribution < 1.29 is 13.2 Å². The summed E-state index contributed by atoms with van der Waals surface area (Å²) in [5.41, 5.74) is 5.57. The lowest BCUT2D eigenvalue weighted by Crippen LogP contribution is -2.42. The number of aryl methyl sites for hydroxylation is 1. The van der Waals surface area contributed by atoms with Crippen LogP contribution in [0.4, 0.5) is 5.69 Å². The van der Waals surface area contributed by atoms with E-state index in [0.29, 0.717) is 30.8 Å². The van der Waals surface area contributed by atoms with E-state index >= 15 is 0 Å². The van der Waals surface area contributed by atoms with E-state index in [0.717, 1.165) is 16.8 Å². The number of carbonyl (C=O) groups is 1.